The Morgan fingerprint density at radius 2 is 1.79 bits per heavy atom. The lowest BCUT2D eigenvalue weighted by Crippen LogP contribution is -2.14. The lowest BCUT2D eigenvalue weighted by molar-refractivity contribution is 0.401. The van der Waals surface area contributed by atoms with Gasteiger partial charge >= 0.3 is 0 Å². The van der Waals surface area contributed by atoms with Gasteiger partial charge in [-0.05, 0) is 51.0 Å². The van der Waals surface area contributed by atoms with E-state index in [0.29, 0.717) is 11.6 Å². The second kappa shape index (κ2) is 6.76. The molecule has 7 heteroatoms. The zero-order valence-corrected chi connectivity index (χ0v) is 14.7. The molecule has 0 amide bonds. The summed E-state index contributed by atoms with van der Waals surface area (Å²) in [6.45, 7) is 3.58. The molecule has 1 fully saturated rings. The first kappa shape index (κ1) is 16.7. The van der Waals surface area contributed by atoms with Gasteiger partial charge in [0, 0.05) is 29.1 Å². The van der Waals surface area contributed by atoms with Crippen molar-refractivity contribution in [3.63, 3.8) is 0 Å². The number of aryl methyl sites for hydroxylation is 1. The Kier molecular flexibility index (Phi) is 4.71. The summed E-state index contributed by atoms with van der Waals surface area (Å²) in [4.78, 5) is 9.15. The molecule has 24 heavy (non-hydrogen) atoms. The number of hydrogen-bond acceptors (Lipinski definition) is 5. The molecule has 1 heterocycles. The highest BCUT2D eigenvalue weighted by Gasteiger charge is 2.22. The minimum Gasteiger partial charge on any atom is -0.340 e. The average molecular weight is 346 g/mol. The fourth-order valence-electron chi connectivity index (χ4n) is 2.53. The summed E-state index contributed by atoms with van der Waals surface area (Å²) < 4.78 is 25.7. The summed E-state index contributed by atoms with van der Waals surface area (Å²) in [7, 11) is -3.25. The van der Waals surface area contributed by atoms with E-state index in [1.54, 1.807) is 19.1 Å². The molecule has 0 saturated heterocycles. The smallest absolute Gasteiger partial charge is 0.232 e. The lowest BCUT2D eigenvalue weighted by atomic mass is 9.85. The largest absolute Gasteiger partial charge is 0.340 e. The number of nitrogens with one attached hydrogen (secondary N) is 2. The molecule has 1 aliphatic carbocycles. The Bertz CT molecular complexity index is 815. The zero-order chi connectivity index (χ0) is 17.2. The van der Waals surface area contributed by atoms with Crippen LogP contribution in [0, 0.1) is 6.92 Å². The second-order valence-corrected chi connectivity index (χ2v) is 8.10. The van der Waals surface area contributed by atoms with Crippen LogP contribution in [0.4, 0.5) is 17.2 Å². The molecule has 1 aliphatic rings. The summed E-state index contributed by atoms with van der Waals surface area (Å²) in [6.07, 6.45) is 3.57. The Balaban J connectivity index is 1.73. The number of sulfonamides is 1. The van der Waals surface area contributed by atoms with E-state index in [1.165, 1.54) is 6.42 Å². The van der Waals surface area contributed by atoms with Crippen molar-refractivity contribution >= 4 is 27.2 Å². The maximum atomic E-state index is 11.6. The minimum absolute atomic E-state index is 0.0527. The number of nitrogens with zero attached hydrogens (tertiary/aromatic N) is 2. The van der Waals surface area contributed by atoms with Gasteiger partial charge in [-0.3, -0.25) is 4.72 Å². The normalized spacial score (nSPS) is 14.9. The van der Waals surface area contributed by atoms with Gasteiger partial charge in [0.15, 0.2) is 0 Å². The molecule has 3 rings (SSSR count). The van der Waals surface area contributed by atoms with E-state index >= 15 is 0 Å². The first-order valence-corrected chi connectivity index (χ1v) is 9.83. The maximum absolute atomic E-state index is 11.6. The topological polar surface area (TPSA) is 84.0 Å². The van der Waals surface area contributed by atoms with E-state index in [9.17, 15) is 8.42 Å². The number of benzene rings is 1. The summed E-state index contributed by atoms with van der Waals surface area (Å²) in [6, 6.07) is 9.03. The van der Waals surface area contributed by atoms with E-state index in [4.69, 9.17) is 0 Å². The fraction of sp³-hybridized carbons (Fsp3) is 0.412. The molecule has 2 aromatic rings. The first-order chi connectivity index (χ1) is 11.4. The molecule has 0 spiro atoms. The van der Waals surface area contributed by atoms with E-state index in [2.05, 4.69) is 20.0 Å². The molecule has 0 atom stereocenters. The number of aromatic nitrogens is 2. The highest BCUT2D eigenvalue weighted by atomic mass is 32.2. The quantitative estimate of drug-likeness (QED) is 0.835. The van der Waals surface area contributed by atoms with Crippen LogP contribution in [0.25, 0.3) is 0 Å². The summed E-state index contributed by atoms with van der Waals surface area (Å²) in [5.41, 5.74) is 2.35. The van der Waals surface area contributed by atoms with Gasteiger partial charge in [0.25, 0.3) is 0 Å². The minimum atomic E-state index is -3.25. The molecule has 1 aromatic carbocycles. The SMILES string of the molecule is CCS(=O)(=O)Nc1ccc(Nc2cc(C)nc(C3CCC3)n2)cc1. The van der Waals surface area contributed by atoms with Crippen LogP contribution in [-0.4, -0.2) is 24.1 Å². The van der Waals surface area contributed by atoms with Crippen molar-refractivity contribution in [2.75, 3.05) is 15.8 Å². The molecule has 0 radical (unpaired) electrons. The maximum Gasteiger partial charge on any atom is 0.232 e. The molecule has 0 unspecified atom stereocenters. The molecule has 0 aliphatic heterocycles. The van der Waals surface area contributed by atoms with E-state index in [1.807, 2.05) is 25.1 Å². The predicted molar refractivity (Wildman–Crippen MR) is 96.2 cm³/mol. The van der Waals surface area contributed by atoms with Crippen LogP contribution in [0.15, 0.2) is 30.3 Å². The highest BCUT2D eigenvalue weighted by molar-refractivity contribution is 7.92. The van der Waals surface area contributed by atoms with Crippen molar-refractivity contribution in [3.8, 4) is 0 Å². The van der Waals surface area contributed by atoms with Crippen molar-refractivity contribution < 1.29 is 8.42 Å². The van der Waals surface area contributed by atoms with E-state index in [0.717, 1.165) is 35.9 Å². The first-order valence-electron chi connectivity index (χ1n) is 8.18. The van der Waals surface area contributed by atoms with Gasteiger partial charge in [-0.2, -0.15) is 0 Å². The van der Waals surface area contributed by atoms with Crippen molar-refractivity contribution in [3.05, 3.63) is 41.9 Å². The Morgan fingerprint density at radius 3 is 2.38 bits per heavy atom. The van der Waals surface area contributed by atoms with Gasteiger partial charge < -0.3 is 5.32 Å². The van der Waals surface area contributed by atoms with Crippen LogP contribution in [0.3, 0.4) is 0 Å². The molecule has 1 saturated carbocycles. The molecule has 2 N–H and O–H groups in total. The van der Waals surface area contributed by atoms with Crippen LogP contribution >= 0.6 is 0 Å². The molecule has 1 aromatic heterocycles. The van der Waals surface area contributed by atoms with Crippen LogP contribution < -0.4 is 10.0 Å². The van der Waals surface area contributed by atoms with Crippen molar-refractivity contribution in [1.82, 2.24) is 9.97 Å². The van der Waals surface area contributed by atoms with Crippen LogP contribution in [0.1, 0.15) is 43.6 Å². The lowest BCUT2D eigenvalue weighted by Gasteiger charge is -2.24. The van der Waals surface area contributed by atoms with Gasteiger partial charge in [-0.1, -0.05) is 6.42 Å². The van der Waals surface area contributed by atoms with Gasteiger partial charge in [-0.25, -0.2) is 18.4 Å². The molecule has 6 nitrogen and oxygen atoms in total. The van der Waals surface area contributed by atoms with Crippen molar-refractivity contribution in [1.29, 1.82) is 0 Å². The third kappa shape index (κ3) is 4.03. The highest BCUT2D eigenvalue weighted by Crippen LogP contribution is 2.35. The van der Waals surface area contributed by atoms with Crippen LogP contribution in [0.2, 0.25) is 0 Å². The van der Waals surface area contributed by atoms with Crippen molar-refractivity contribution in [2.24, 2.45) is 0 Å². The van der Waals surface area contributed by atoms with Gasteiger partial charge in [0.2, 0.25) is 10.0 Å². The van der Waals surface area contributed by atoms with Crippen molar-refractivity contribution in [2.45, 2.75) is 39.0 Å². The van der Waals surface area contributed by atoms with Crippen LogP contribution in [-0.2, 0) is 10.0 Å². The Hall–Kier alpha value is -2.15. The van der Waals surface area contributed by atoms with Crippen LogP contribution in [0.5, 0.6) is 0 Å². The molecule has 128 valence electrons. The number of anilines is 3. The number of rotatable bonds is 6. The summed E-state index contributed by atoms with van der Waals surface area (Å²) in [5, 5.41) is 3.26. The van der Waals surface area contributed by atoms with Gasteiger partial charge in [0.1, 0.15) is 11.6 Å². The zero-order valence-electron chi connectivity index (χ0n) is 13.9. The fourth-order valence-corrected chi connectivity index (χ4v) is 3.17. The second-order valence-electron chi connectivity index (χ2n) is 6.09. The predicted octanol–water partition coefficient (Wildman–Crippen LogP) is 3.56. The van der Waals surface area contributed by atoms with E-state index in [-0.39, 0.29) is 5.75 Å². The van der Waals surface area contributed by atoms with E-state index < -0.39 is 10.0 Å². The Morgan fingerprint density at radius 1 is 1.12 bits per heavy atom. The molecule has 0 bridgehead atoms. The monoisotopic (exact) mass is 346 g/mol. The third-order valence-electron chi connectivity index (χ3n) is 4.15. The summed E-state index contributed by atoms with van der Waals surface area (Å²) in [5.74, 6) is 2.22. The average Bonchev–Trinajstić information content (AvgIpc) is 2.47. The molecular weight excluding hydrogens is 324 g/mol. The van der Waals surface area contributed by atoms with Gasteiger partial charge in [-0.15, -0.1) is 0 Å². The molecular formula is C17H22N4O2S. The van der Waals surface area contributed by atoms with Gasteiger partial charge in [0.05, 0.1) is 5.75 Å². The Labute approximate surface area is 142 Å². The summed E-state index contributed by atoms with van der Waals surface area (Å²) >= 11 is 0. The third-order valence-corrected chi connectivity index (χ3v) is 5.46. The standard InChI is InChI=1S/C17H22N4O2S/c1-3-24(22,23)21-15-9-7-14(8-10-15)19-16-11-12(2)18-17(20-16)13-5-4-6-13/h7-11,13,21H,3-6H2,1-2H3,(H,18,19,20). The number of hydrogen-bond donors (Lipinski definition) is 2.